The molecular weight excluding hydrogens is 346 g/mol. The zero-order valence-corrected chi connectivity index (χ0v) is 14.5. The van der Waals surface area contributed by atoms with Crippen LogP contribution in [0.1, 0.15) is 25.7 Å². The molecule has 0 saturated carbocycles. The second kappa shape index (κ2) is 5.86. The van der Waals surface area contributed by atoms with Crippen LogP contribution in [0.5, 0.6) is 0 Å². The fraction of sp³-hybridized carbons (Fsp3) is 0.562. The Balaban J connectivity index is 1.56. The minimum absolute atomic E-state index is 0.736. The van der Waals surface area contributed by atoms with E-state index in [9.17, 15) is 0 Å². The normalized spacial score (nSPS) is 24.0. The molecule has 2 aliphatic rings. The lowest BCUT2D eigenvalue weighted by Gasteiger charge is -2.37. The fourth-order valence-electron chi connectivity index (χ4n) is 3.55. The summed E-state index contributed by atoms with van der Waals surface area (Å²) in [6.45, 7) is 4.91. The molecule has 0 spiro atoms. The monoisotopic (exact) mass is 365 g/mol. The molecule has 1 atom stereocenters. The summed E-state index contributed by atoms with van der Waals surface area (Å²) in [5.74, 6) is 0. The summed E-state index contributed by atoms with van der Waals surface area (Å²) in [6.07, 6.45) is 5.41. The summed E-state index contributed by atoms with van der Waals surface area (Å²) in [5, 5.41) is 1.20. The van der Waals surface area contributed by atoms with Crippen molar-refractivity contribution in [2.24, 2.45) is 0 Å². The molecule has 1 aromatic carbocycles. The Morgan fingerprint density at radius 1 is 1.14 bits per heavy atom. The first-order valence-electron chi connectivity index (χ1n) is 7.85. The average molecular weight is 366 g/mol. The molecule has 21 heavy (non-hydrogen) atoms. The van der Waals surface area contributed by atoms with Gasteiger partial charge in [-0.2, -0.15) is 0 Å². The number of anilines is 1. The van der Waals surface area contributed by atoms with E-state index >= 15 is 0 Å². The predicted octanol–water partition coefficient (Wildman–Crippen LogP) is 4.12. The Bertz CT molecular complexity index is 635. The van der Waals surface area contributed by atoms with Gasteiger partial charge in [-0.3, -0.25) is 4.90 Å². The van der Waals surface area contributed by atoms with E-state index in [1.807, 2.05) is 11.3 Å². The quantitative estimate of drug-likeness (QED) is 0.797. The van der Waals surface area contributed by atoms with Gasteiger partial charge in [0.15, 0.2) is 5.13 Å². The van der Waals surface area contributed by atoms with Crippen LogP contribution in [0.3, 0.4) is 0 Å². The summed E-state index contributed by atoms with van der Waals surface area (Å²) in [5.41, 5.74) is 1.13. The first-order chi connectivity index (χ1) is 10.3. The van der Waals surface area contributed by atoms with Crippen LogP contribution in [-0.4, -0.2) is 42.1 Å². The maximum atomic E-state index is 4.84. The van der Waals surface area contributed by atoms with Gasteiger partial charge < -0.3 is 4.90 Å². The number of halogens is 1. The van der Waals surface area contributed by atoms with Gasteiger partial charge in [0.25, 0.3) is 0 Å². The van der Waals surface area contributed by atoms with E-state index in [1.54, 1.807) is 0 Å². The van der Waals surface area contributed by atoms with E-state index in [0.29, 0.717) is 0 Å². The number of fused-ring (bicyclic) bond motifs is 1. The van der Waals surface area contributed by atoms with E-state index in [2.05, 4.69) is 43.9 Å². The van der Waals surface area contributed by atoms with Crippen molar-refractivity contribution in [2.45, 2.75) is 31.7 Å². The lowest BCUT2D eigenvalue weighted by Crippen LogP contribution is -2.47. The maximum Gasteiger partial charge on any atom is 0.186 e. The fourth-order valence-corrected chi connectivity index (χ4v) is 5.11. The number of rotatable bonds is 2. The third-order valence-corrected chi connectivity index (χ3v) is 6.24. The third-order valence-electron chi connectivity index (χ3n) is 4.66. The number of nitrogens with zero attached hydrogens (tertiary/aromatic N) is 3. The van der Waals surface area contributed by atoms with Crippen LogP contribution in [0.2, 0.25) is 0 Å². The van der Waals surface area contributed by atoms with Crippen molar-refractivity contribution in [3.63, 3.8) is 0 Å². The molecule has 4 rings (SSSR count). The van der Waals surface area contributed by atoms with Crippen LogP contribution in [0.15, 0.2) is 22.7 Å². The van der Waals surface area contributed by atoms with E-state index in [1.165, 1.54) is 48.6 Å². The van der Waals surface area contributed by atoms with Crippen LogP contribution in [-0.2, 0) is 0 Å². The summed E-state index contributed by atoms with van der Waals surface area (Å²) in [6, 6.07) is 7.11. The zero-order chi connectivity index (χ0) is 14.2. The van der Waals surface area contributed by atoms with Crippen molar-refractivity contribution in [3.05, 3.63) is 22.7 Å². The van der Waals surface area contributed by atoms with Gasteiger partial charge in [0.2, 0.25) is 0 Å². The third kappa shape index (κ3) is 2.83. The van der Waals surface area contributed by atoms with Gasteiger partial charge in [-0.15, -0.1) is 0 Å². The van der Waals surface area contributed by atoms with Crippen molar-refractivity contribution in [3.8, 4) is 0 Å². The van der Waals surface area contributed by atoms with Crippen LogP contribution < -0.4 is 4.90 Å². The lowest BCUT2D eigenvalue weighted by molar-refractivity contribution is 0.215. The molecule has 2 fully saturated rings. The molecule has 3 nitrogen and oxygen atoms in total. The second-order valence-electron chi connectivity index (χ2n) is 6.09. The summed E-state index contributed by atoms with van der Waals surface area (Å²) < 4.78 is 2.42. The van der Waals surface area contributed by atoms with E-state index in [-0.39, 0.29) is 0 Å². The van der Waals surface area contributed by atoms with Crippen LogP contribution in [0.25, 0.3) is 10.2 Å². The highest BCUT2D eigenvalue weighted by atomic mass is 79.9. The van der Waals surface area contributed by atoms with Gasteiger partial charge in [0, 0.05) is 23.6 Å². The van der Waals surface area contributed by atoms with Crippen molar-refractivity contribution in [2.75, 3.05) is 31.1 Å². The Hall–Kier alpha value is -0.650. The average Bonchev–Trinajstić information content (AvgIpc) is 3.16. The van der Waals surface area contributed by atoms with Crippen LogP contribution in [0, 0.1) is 0 Å². The predicted molar refractivity (Wildman–Crippen MR) is 93.4 cm³/mol. The van der Waals surface area contributed by atoms with E-state index in [4.69, 9.17) is 4.98 Å². The SMILES string of the molecule is Brc1ccc2nc(N3CCC[C@H](N4CCCC4)C3)sc2c1. The van der Waals surface area contributed by atoms with Crippen molar-refractivity contribution >= 4 is 42.6 Å². The van der Waals surface area contributed by atoms with Crippen molar-refractivity contribution in [1.29, 1.82) is 0 Å². The molecule has 2 saturated heterocycles. The van der Waals surface area contributed by atoms with Crippen LogP contribution >= 0.6 is 27.3 Å². The molecule has 2 aliphatic heterocycles. The Labute approximate surface area is 138 Å². The zero-order valence-electron chi connectivity index (χ0n) is 12.1. The molecule has 0 aliphatic carbocycles. The molecule has 2 aromatic rings. The van der Waals surface area contributed by atoms with Crippen molar-refractivity contribution in [1.82, 2.24) is 9.88 Å². The lowest BCUT2D eigenvalue weighted by atomic mass is 10.1. The molecule has 1 aromatic heterocycles. The highest BCUT2D eigenvalue weighted by Crippen LogP contribution is 2.33. The molecular formula is C16H20BrN3S. The van der Waals surface area contributed by atoms with Gasteiger partial charge in [-0.05, 0) is 57.0 Å². The van der Waals surface area contributed by atoms with Crippen LogP contribution in [0.4, 0.5) is 5.13 Å². The maximum absolute atomic E-state index is 4.84. The number of aromatic nitrogens is 1. The van der Waals surface area contributed by atoms with Crippen molar-refractivity contribution < 1.29 is 0 Å². The molecule has 0 radical (unpaired) electrons. The first-order valence-corrected chi connectivity index (χ1v) is 9.46. The van der Waals surface area contributed by atoms with Gasteiger partial charge in [-0.25, -0.2) is 4.98 Å². The van der Waals surface area contributed by atoms with Gasteiger partial charge >= 0.3 is 0 Å². The van der Waals surface area contributed by atoms with Gasteiger partial charge in [0.05, 0.1) is 10.2 Å². The molecule has 3 heterocycles. The minimum atomic E-state index is 0.736. The Kier molecular flexibility index (Phi) is 3.90. The summed E-state index contributed by atoms with van der Waals surface area (Å²) in [7, 11) is 0. The number of hydrogen-bond donors (Lipinski definition) is 0. The molecule has 0 amide bonds. The number of benzene rings is 1. The topological polar surface area (TPSA) is 19.4 Å². The molecule has 5 heteroatoms. The molecule has 0 N–H and O–H groups in total. The largest absolute Gasteiger partial charge is 0.346 e. The highest BCUT2D eigenvalue weighted by Gasteiger charge is 2.28. The summed E-state index contributed by atoms with van der Waals surface area (Å²) in [4.78, 5) is 10.0. The minimum Gasteiger partial charge on any atom is -0.346 e. The number of likely N-dealkylation sites (tertiary alicyclic amines) is 1. The van der Waals surface area contributed by atoms with E-state index < -0.39 is 0 Å². The molecule has 0 bridgehead atoms. The second-order valence-corrected chi connectivity index (χ2v) is 8.02. The standard InChI is InChI=1S/C16H20BrN3S/c17-12-5-6-14-15(10-12)21-16(18-14)20-9-3-4-13(11-20)19-7-1-2-8-19/h5-6,10,13H,1-4,7-9,11H2/t13-/m0/s1. The first kappa shape index (κ1) is 14.0. The smallest absolute Gasteiger partial charge is 0.186 e. The highest BCUT2D eigenvalue weighted by molar-refractivity contribution is 9.10. The number of piperidine rings is 1. The van der Waals surface area contributed by atoms with E-state index in [0.717, 1.165) is 29.1 Å². The number of hydrogen-bond acceptors (Lipinski definition) is 4. The molecule has 112 valence electrons. The van der Waals surface area contributed by atoms with Gasteiger partial charge in [0.1, 0.15) is 0 Å². The Morgan fingerprint density at radius 2 is 2.00 bits per heavy atom. The van der Waals surface area contributed by atoms with Gasteiger partial charge in [-0.1, -0.05) is 27.3 Å². The Morgan fingerprint density at radius 3 is 2.86 bits per heavy atom. The number of thiazole rings is 1. The molecule has 0 unspecified atom stereocenters. The summed E-state index contributed by atoms with van der Waals surface area (Å²) >= 11 is 5.38.